The number of aliphatic carboxylic acids is 1. The molecule has 0 spiro atoms. The number of carbonyl (C=O) groups is 1. The van der Waals surface area contributed by atoms with Crippen LogP contribution in [0.15, 0.2) is 24.3 Å². The highest BCUT2D eigenvalue weighted by Gasteiger charge is 2.29. The second-order valence-corrected chi connectivity index (χ2v) is 5.74. The molecule has 0 amide bonds. The number of hydrogen-bond donors (Lipinski definition) is 1. The molecular weight excluding hydrogens is 254 g/mol. The normalized spacial score (nSPS) is 25.5. The van der Waals surface area contributed by atoms with Crippen molar-refractivity contribution in [2.75, 3.05) is 24.6 Å². The van der Waals surface area contributed by atoms with E-state index in [0.29, 0.717) is 19.1 Å². The molecule has 2 aliphatic rings. The van der Waals surface area contributed by atoms with Crippen molar-refractivity contribution in [2.45, 2.75) is 31.8 Å². The maximum atomic E-state index is 11.3. The van der Waals surface area contributed by atoms with Crippen molar-refractivity contribution in [3.63, 3.8) is 0 Å². The lowest BCUT2D eigenvalue weighted by Crippen LogP contribution is -2.40. The molecule has 2 aliphatic heterocycles. The molecule has 1 aromatic carbocycles. The molecule has 2 atom stereocenters. The van der Waals surface area contributed by atoms with Gasteiger partial charge in [-0.25, -0.2) is 0 Å². The fourth-order valence-electron chi connectivity index (χ4n) is 3.24. The molecule has 1 fully saturated rings. The van der Waals surface area contributed by atoms with Gasteiger partial charge in [0.15, 0.2) is 0 Å². The largest absolute Gasteiger partial charge is 0.481 e. The molecule has 2 unspecified atom stereocenters. The minimum Gasteiger partial charge on any atom is -0.481 e. The Labute approximate surface area is 119 Å². The highest BCUT2D eigenvalue weighted by atomic mass is 16.5. The Morgan fingerprint density at radius 1 is 1.40 bits per heavy atom. The molecule has 4 heteroatoms. The Hall–Kier alpha value is -1.55. The Morgan fingerprint density at radius 2 is 2.25 bits per heavy atom. The van der Waals surface area contributed by atoms with E-state index in [1.54, 1.807) is 0 Å². The number of anilines is 1. The molecule has 0 saturated carbocycles. The van der Waals surface area contributed by atoms with Crippen LogP contribution in [0.5, 0.6) is 0 Å². The van der Waals surface area contributed by atoms with E-state index in [9.17, 15) is 9.90 Å². The van der Waals surface area contributed by atoms with Crippen molar-refractivity contribution >= 4 is 11.7 Å². The highest BCUT2D eigenvalue weighted by molar-refractivity contribution is 5.73. The van der Waals surface area contributed by atoms with Crippen molar-refractivity contribution in [1.29, 1.82) is 0 Å². The van der Waals surface area contributed by atoms with Gasteiger partial charge in [0, 0.05) is 25.4 Å². The number of para-hydroxylation sites is 1. The molecule has 0 aromatic heterocycles. The van der Waals surface area contributed by atoms with E-state index in [2.05, 4.69) is 11.0 Å². The van der Waals surface area contributed by atoms with Crippen LogP contribution < -0.4 is 4.90 Å². The third kappa shape index (κ3) is 2.80. The first-order valence-corrected chi connectivity index (χ1v) is 7.41. The Kier molecular flexibility index (Phi) is 3.92. The summed E-state index contributed by atoms with van der Waals surface area (Å²) < 4.78 is 5.66. The zero-order valence-corrected chi connectivity index (χ0v) is 11.6. The van der Waals surface area contributed by atoms with Crippen molar-refractivity contribution in [3.05, 3.63) is 29.8 Å². The summed E-state index contributed by atoms with van der Waals surface area (Å²) in [4.78, 5) is 13.5. The summed E-state index contributed by atoms with van der Waals surface area (Å²) in [5.74, 6) is -0.990. The van der Waals surface area contributed by atoms with Crippen LogP contribution in [0, 0.1) is 5.92 Å². The molecule has 2 heterocycles. The van der Waals surface area contributed by atoms with Gasteiger partial charge in [0.2, 0.25) is 0 Å². The molecule has 4 nitrogen and oxygen atoms in total. The summed E-state index contributed by atoms with van der Waals surface area (Å²) in [7, 11) is 0. The van der Waals surface area contributed by atoms with E-state index in [-0.39, 0.29) is 5.92 Å². The van der Waals surface area contributed by atoms with Gasteiger partial charge in [-0.1, -0.05) is 18.2 Å². The van der Waals surface area contributed by atoms with Crippen molar-refractivity contribution in [3.8, 4) is 0 Å². The average Bonchev–Trinajstić information content (AvgIpc) is 2.97. The molecule has 1 saturated heterocycles. The molecule has 1 N–H and O–H groups in total. The lowest BCUT2D eigenvalue weighted by atomic mass is 9.92. The number of fused-ring (bicyclic) bond motifs is 1. The van der Waals surface area contributed by atoms with Gasteiger partial charge >= 0.3 is 5.97 Å². The SMILES string of the molecule is O=C(O)C1Cc2ccccc2N(CCC2CCCO2)C1. The van der Waals surface area contributed by atoms with Crippen LogP contribution in [0.2, 0.25) is 0 Å². The lowest BCUT2D eigenvalue weighted by Gasteiger charge is -2.35. The summed E-state index contributed by atoms with van der Waals surface area (Å²) in [6.45, 7) is 2.36. The smallest absolute Gasteiger partial charge is 0.308 e. The van der Waals surface area contributed by atoms with Gasteiger partial charge in [0.05, 0.1) is 12.0 Å². The Balaban J connectivity index is 1.72. The number of ether oxygens (including phenoxy) is 1. The number of carboxylic acid groups (broad SMARTS) is 1. The quantitative estimate of drug-likeness (QED) is 0.916. The summed E-state index contributed by atoms with van der Waals surface area (Å²) in [5, 5.41) is 9.31. The van der Waals surface area contributed by atoms with E-state index in [1.807, 2.05) is 18.2 Å². The van der Waals surface area contributed by atoms with Crippen LogP contribution >= 0.6 is 0 Å². The van der Waals surface area contributed by atoms with Crippen molar-refractivity contribution < 1.29 is 14.6 Å². The third-order valence-electron chi connectivity index (χ3n) is 4.33. The zero-order valence-electron chi connectivity index (χ0n) is 11.6. The first kappa shape index (κ1) is 13.4. The van der Waals surface area contributed by atoms with Crippen LogP contribution in [0.1, 0.15) is 24.8 Å². The van der Waals surface area contributed by atoms with E-state index in [0.717, 1.165) is 38.0 Å². The maximum Gasteiger partial charge on any atom is 0.308 e. The van der Waals surface area contributed by atoms with E-state index >= 15 is 0 Å². The topological polar surface area (TPSA) is 49.8 Å². The second-order valence-electron chi connectivity index (χ2n) is 5.74. The molecule has 0 radical (unpaired) electrons. The Morgan fingerprint density at radius 3 is 3.00 bits per heavy atom. The van der Waals surface area contributed by atoms with Gasteiger partial charge in [0.25, 0.3) is 0 Å². The monoisotopic (exact) mass is 275 g/mol. The first-order chi connectivity index (χ1) is 9.74. The average molecular weight is 275 g/mol. The molecular formula is C16H21NO3. The van der Waals surface area contributed by atoms with E-state index in [4.69, 9.17) is 4.74 Å². The maximum absolute atomic E-state index is 11.3. The second kappa shape index (κ2) is 5.83. The number of hydrogen-bond acceptors (Lipinski definition) is 3. The lowest BCUT2D eigenvalue weighted by molar-refractivity contribution is -0.141. The summed E-state index contributed by atoms with van der Waals surface area (Å²) in [5.41, 5.74) is 2.35. The Bertz CT molecular complexity index is 482. The molecule has 3 rings (SSSR count). The predicted octanol–water partition coefficient (Wildman–Crippen LogP) is 2.32. The number of nitrogens with zero attached hydrogens (tertiary/aromatic N) is 1. The molecule has 108 valence electrons. The van der Waals surface area contributed by atoms with Crippen molar-refractivity contribution in [2.24, 2.45) is 5.92 Å². The predicted molar refractivity (Wildman–Crippen MR) is 77.1 cm³/mol. The van der Waals surface area contributed by atoms with Crippen LogP contribution in [0.3, 0.4) is 0 Å². The first-order valence-electron chi connectivity index (χ1n) is 7.41. The molecule has 20 heavy (non-hydrogen) atoms. The van der Waals surface area contributed by atoms with Crippen LogP contribution in [-0.4, -0.2) is 36.9 Å². The number of carboxylic acids is 1. The van der Waals surface area contributed by atoms with Crippen molar-refractivity contribution in [1.82, 2.24) is 0 Å². The van der Waals surface area contributed by atoms with Crippen LogP contribution in [-0.2, 0) is 16.0 Å². The van der Waals surface area contributed by atoms with Gasteiger partial charge in [0.1, 0.15) is 0 Å². The van der Waals surface area contributed by atoms with Gasteiger partial charge in [-0.2, -0.15) is 0 Å². The van der Waals surface area contributed by atoms with Gasteiger partial charge < -0.3 is 14.7 Å². The highest BCUT2D eigenvalue weighted by Crippen LogP contribution is 2.30. The molecule has 0 bridgehead atoms. The van der Waals surface area contributed by atoms with Gasteiger partial charge in [-0.05, 0) is 37.3 Å². The summed E-state index contributed by atoms with van der Waals surface area (Å²) >= 11 is 0. The minimum atomic E-state index is -0.693. The standard InChI is InChI=1S/C16H21NO3/c18-16(19)13-10-12-4-1-2-6-15(12)17(11-13)8-7-14-5-3-9-20-14/h1-2,4,6,13-14H,3,5,7-11H2,(H,18,19). The van der Waals surface area contributed by atoms with Gasteiger partial charge in [-0.3, -0.25) is 4.79 Å². The number of benzene rings is 1. The summed E-state index contributed by atoms with van der Waals surface area (Å²) in [6, 6.07) is 8.16. The van der Waals surface area contributed by atoms with Gasteiger partial charge in [-0.15, -0.1) is 0 Å². The number of rotatable bonds is 4. The summed E-state index contributed by atoms with van der Waals surface area (Å²) in [6.07, 6.45) is 4.27. The fraction of sp³-hybridized carbons (Fsp3) is 0.562. The minimum absolute atomic E-state index is 0.297. The van der Waals surface area contributed by atoms with Crippen LogP contribution in [0.25, 0.3) is 0 Å². The van der Waals surface area contributed by atoms with E-state index < -0.39 is 5.97 Å². The third-order valence-corrected chi connectivity index (χ3v) is 4.33. The molecule has 1 aromatic rings. The molecule has 0 aliphatic carbocycles. The van der Waals surface area contributed by atoms with Crippen LogP contribution in [0.4, 0.5) is 5.69 Å². The van der Waals surface area contributed by atoms with E-state index in [1.165, 1.54) is 5.69 Å². The zero-order chi connectivity index (χ0) is 13.9. The fourth-order valence-corrected chi connectivity index (χ4v) is 3.24.